The Morgan fingerprint density at radius 2 is 1.04 bits per heavy atom. The fourth-order valence-corrected chi connectivity index (χ4v) is 6.30. The Hall–Kier alpha value is -3.10. The maximum atomic E-state index is 3.53. The summed E-state index contributed by atoms with van der Waals surface area (Å²) in [5.74, 6) is 0. The van der Waals surface area contributed by atoms with Gasteiger partial charge in [0, 0.05) is 21.8 Å². The molecule has 5 aromatic rings. The number of aromatic nitrogens is 1. The van der Waals surface area contributed by atoms with Gasteiger partial charge in [-0.25, -0.2) is 0 Å². The molecule has 2 heteroatoms. The van der Waals surface area contributed by atoms with E-state index in [-0.39, 0.29) is 0 Å². The van der Waals surface area contributed by atoms with E-state index in [4.69, 9.17) is 0 Å². The molecular formula is C24H18NSi. The van der Waals surface area contributed by atoms with Gasteiger partial charge in [-0.15, -0.1) is 0 Å². The molecule has 1 heterocycles. The van der Waals surface area contributed by atoms with Gasteiger partial charge in [-0.3, -0.25) is 0 Å². The molecule has 4 aromatic carbocycles. The van der Waals surface area contributed by atoms with Gasteiger partial charge in [-0.2, -0.15) is 0 Å². The second-order valence-electron chi connectivity index (χ2n) is 6.54. The van der Waals surface area contributed by atoms with Crippen molar-refractivity contribution >= 4 is 46.2 Å². The van der Waals surface area contributed by atoms with Crippen molar-refractivity contribution in [2.24, 2.45) is 0 Å². The normalized spacial score (nSPS) is 11.4. The molecule has 5 rings (SSSR count). The number of benzene rings is 4. The van der Waals surface area contributed by atoms with Crippen molar-refractivity contribution in [3.8, 4) is 0 Å². The van der Waals surface area contributed by atoms with Crippen LogP contribution in [0.3, 0.4) is 0 Å². The predicted molar refractivity (Wildman–Crippen MR) is 113 cm³/mol. The number of hydrogen-bond acceptors (Lipinski definition) is 0. The Kier molecular flexibility index (Phi) is 3.69. The molecular weight excluding hydrogens is 330 g/mol. The molecule has 0 amide bonds. The summed E-state index contributed by atoms with van der Waals surface area (Å²) < 4.78 is 0. The number of H-pyrrole nitrogens is 1. The highest BCUT2D eigenvalue weighted by molar-refractivity contribution is 6.95. The predicted octanol–water partition coefficient (Wildman–Crippen LogP) is 3.84. The van der Waals surface area contributed by atoms with Crippen LogP contribution >= 0.6 is 0 Å². The van der Waals surface area contributed by atoms with E-state index in [2.05, 4.69) is 108 Å². The van der Waals surface area contributed by atoms with Crippen LogP contribution in [0.2, 0.25) is 0 Å². The highest BCUT2D eigenvalue weighted by Gasteiger charge is 2.20. The highest BCUT2D eigenvalue weighted by Crippen LogP contribution is 2.24. The van der Waals surface area contributed by atoms with Crippen molar-refractivity contribution in [2.45, 2.75) is 0 Å². The Morgan fingerprint density at radius 3 is 1.73 bits per heavy atom. The van der Waals surface area contributed by atoms with Crippen LogP contribution in [0.25, 0.3) is 21.8 Å². The van der Waals surface area contributed by atoms with Crippen LogP contribution in [0.4, 0.5) is 0 Å². The minimum atomic E-state index is -1.03. The maximum absolute atomic E-state index is 3.53. The SMILES string of the molecule is c1ccc([Si](c2ccccc2)c2ccc3[nH]c4ccccc4c3c2)cc1. The van der Waals surface area contributed by atoms with Crippen molar-refractivity contribution < 1.29 is 0 Å². The van der Waals surface area contributed by atoms with Crippen LogP contribution in [0.5, 0.6) is 0 Å². The summed E-state index contributed by atoms with van der Waals surface area (Å²) in [4.78, 5) is 3.53. The van der Waals surface area contributed by atoms with Gasteiger partial charge < -0.3 is 4.98 Å². The van der Waals surface area contributed by atoms with Crippen LogP contribution in [0.1, 0.15) is 0 Å². The molecule has 0 atom stereocenters. The third-order valence-corrected chi connectivity index (χ3v) is 7.63. The monoisotopic (exact) mass is 348 g/mol. The first-order valence-electron chi connectivity index (χ1n) is 8.89. The van der Waals surface area contributed by atoms with E-state index < -0.39 is 8.80 Å². The zero-order valence-corrected chi connectivity index (χ0v) is 15.3. The summed E-state index contributed by atoms with van der Waals surface area (Å²) in [6, 6.07) is 37.3. The summed E-state index contributed by atoms with van der Waals surface area (Å²) >= 11 is 0. The lowest BCUT2D eigenvalue weighted by molar-refractivity contribution is 1.55. The van der Waals surface area contributed by atoms with Crippen molar-refractivity contribution in [3.63, 3.8) is 0 Å². The molecule has 1 aromatic heterocycles. The van der Waals surface area contributed by atoms with Crippen molar-refractivity contribution in [1.82, 2.24) is 4.98 Å². The van der Waals surface area contributed by atoms with E-state index in [0.717, 1.165) is 0 Å². The number of nitrogens with one attached hydrogen (secondary N) is 1. The van der Waals surface area contributed by atoms with E-state index in [1.165, 1.54) is 37.4 Å². The molecule has 0 fully saturated rings. The quantitative estimate of drug-likeness (QED) is 0.377. The van der Waals surface area contributed by atoms with Crippen molar-refractivity contribution in [3.05, 3.63) is 103 Å². The standard InChI is InChI=1S/C24H18NSi/c1-3-9-18(10-4-1)26(19-11-5-2-6-12-19)20-15-16-24-22(17-20)21-13-7-8-14-23(21)25-24/h1-17,25H. The zero-order valence-electron chi connectivity index (χ0n) is 14.3. The van der Waals surface area contributed by atoms with Crippen LogP contribution in [-0.2, 0) is 0 Å². The molecule has 1 N–H and O–H groups in total. The molecule has 26 heavy (non-hydrogen) atoms. The van der Waals surface area contributed by atoms with E-state index in [1.807, 2.05) is 0 Å². The van der Waals surface area contributed by atoms with Gasteiger partial charge in [0.1, 0.15) is 0 Å². The molecule has 0 saturated carbocycles. The molecule has 123 valence electrons. The molecule has 0 aliphatic heterocycles. The number of fused-ring (bicyclic) bond motifs is 3. The summed E-state index contributed by atoms with van der Waals surface area (Å²) in [7, 11) is -1.03. The number of hydrogen-bond donors (Lipinski definition) is 1. The number of para-hydroxylation sites is 1. The Balaban J connectivity index is 1.75. The number of aromatic amines is 1. The smallest absolute Gasteiger partial charge is 0.154 e. The lowest BCUT2D eigenvalue weighted by atomic mass is 10.1. The average molecular weight is 349 g/mol. The first kappa shape index (κ1) is 15.2. The Bertz CT molecular complexity index is 1140. The lowest BCUT2D eigenvalue weighted by Crippen LogP contribution is -2.51. The Labute approximate surface area is 154 Å². The molecule has 0 bridgehead atoms. The van der Waals surface area contributed by atoms with Gasteiger partial charge >= 0.3 is 0 Å². The zero-order chi connectivity index (χ0) is 17.3. The molecule has 1 radical (unpaired) electrons. The van der Waals surface area contributed by atoms with Gasteiger partial charge in [0.15, 0.2) is 8.80 Å². The molecule has 0 spiro atoms. The van der Waals surface area contributed by atoms with E-state index in [9.17, 15) is 0 Å². The van der Waals surface area contributed by atoms with Gasteiger partial charge in [0.05, 0.1) is 0 Å². The summed E-state index contributed by atoms with van der Waals surface area (Å²) in [5, 5.41) is 6.87. The minimum absolute atomic E-state index is 1.03. The van der Waals surface area contributed by atoms with E-state index in [0.29, 0.717) is 0 Å². The third kappa shape index (κ3) is 2.56. The first-order valence-corrected chi connectivity index (χ1v) is 10.4. The number of rotatable bonds is 3. The minimum Gasteiger partial charge on any atom is -0.355 e. The van der Waals surface area contributed by atoms with Crippen LogP contribution in [-0.4, -0.2) is 13.8 Å². The molecule has 0 unspecified atom stereocenters. The van der Waals surface area contributed by atoms with Gasteiger partial charge in [-0.1, -0.05) is 101 Å². The van der Waals surface area contributed by atoms with Gasteiger partial charge in [-0.05, 0) is 17.3 Å². The van der Waals surface area contributed by atoms with Gasteiger partial charge in [0.25, 0.3) is 0 Å². The Morgan fingerprint density at radius 1 is 0.462 bits per heavy atom. The van der Waals surface area contributed by atoms with Crippen molar-refractivity contribution in [2.75, 3.05) is 0 Å². The van der Waals surface area contributed by atoms with Crippen LogP contribution in [0.15, 0.2) is 103 Å². The van der Waals surface area contributed by atoms with E-state index >= 15 is 0 Å². The second-order valence-corrected chi connectivity index (χ2v) is 9.02. The van der Waals surface area contributed by atoms with Gasteiger partial charge in [0.2, 0.25) is 0 Å². The summed E-state index contributed by atoms with van der Waals surface area (Å²) in [5.41, 5.74) is 2.41. The second kappa shape index (κ2) is 6.32. The summed E-state index contributed by atoms with van der Waals surface area (Å²) in [6.45, 7) is 0. The first-order chi connectivity index (χ1) is 12.9. The topological polar surface area (TPSA) is 15.8 Å². The maximum Gasteiger partial charge on any atom is 0.154 e. The average Bonchev–Trinajstić information content (AvgIpc) is 3.08. The molecule has 1 nitrogen and oxygen atoms in total. The molecule has 0 saturated heterocycles. The largest absolute Gasteiger partial charge is 0.355 e. The fourth-order valence-electron chi connectivity index (χ4n) is 3.71. The third-order valence-electron chi connectivity index (χ3n) is 4.92. The molecule has 0 aliphatic rings. The summed E-state index contributed by atoms with van der Waals surface area (Å²) in [6.07, 6.45) is 0. The lowest BCUT2D eigenvalue weighted by Gasteiger charge is -2.16. The highest BCUT2D eigenvalue weighted by atomic mass is 28.3. The van der Waals surface area contributed by atoms with E-state index in [1.54, 1.807) is 0 Å². The fraction of sp³-hybridized carbons (Fsp3) is 0. The van der Waals surface area contributed by atoms with Crippen molar-refractivity contribution in [1.29, 1.82) is 0 Å². The van der Waals surface area contributed by atoms with Crippen LogP contribution < -0.4 is 15.6 Å². The molecule has 0 aliphatic carbocycles. The van der Waals surface area contributed by atoms with Crippen LogP contribution in [0, 0.1) is 0 Å².